The summed E-state index contributed by atoms with van der Waals surface area (Å²) >= 11 is 6.69. The van der Waals surface area contributed by atoms with E-state index in [1.807, 2.05) is 29.2 Å². The first kappa shape index (κ1) is 16.5. The fourth-order valence-corrected chi connectivity index (χ4v) is 3.58. The Hall–Kier alpha value is -1.31. The third kappa shape index (κ3) is 4.16. The van der Waals surface area contributed by atoms with Gasteiger partial charge < -0.3 is 4.90 Å². The van der Waals surface area contributed by atoms with Crippen molar-refractivity contribution in [1.82, 2.24) is 9.88 Å². The van der Waals surface area contributed by atoms with Crippen molar-refractivity contribution in [2.75, 3.05) is 31.1 Å². The van der Waals surface area contributed by atoms with Gasteiger partial charge in [-0.1, -0.05) is 35.1 Å². The highest BCUT2D eigenvalue weighted by Crippen LogP contribution is 2.36. The first-order valence-corrected chi connectivity index (χ1v) is 8.36. The van der Waals surface area contributed by atoms with Crippen molar-refractivity contribution in [2.45, 2.75) is 12.7 Å². The molecule has 0 spiro atoms. The van der Waals surface area contributed by atoms with E-state index in [2.05, 4.69) is 9.88 Å². The maximum Gasteiger partial charge on any atom is 0.427 e. The molecular weight excluding hydrogens is 347 g/mol. The Kier molecular flexibility index (Phi) is 4.79. The molecule has 2 aromatic rings. The lowest BCUT2D eigenvalue weighted by Crippen LogP contribution is -2.45. The normalized spacial score (nSPS) is 16.8. The molecule has 1 aliphatic rings. The number of aromatic nitrogens is 1. The zero-order valence-corrected chi connectivity index (χ0v) is 13.8. The van der Waals surface area contributed by atoms with Crippen molar-refractivity contribution in [3.63, 3.8) is 0 Å². The number of piperazine rings is 1. The van der Waals surface area contributed by atoms with E-state index in [-0.39, 0.29) is 0 Å². The van der Waals surface area contributed by atoms with Crippen molar-refractivity contribution in [2.24, 2.45) is 0 Å². The van der Waals surface area contributed by atoms with E-state index in [0.29, 0.717) is 34.6 Å². The van der Waals surface area contributed by atoms with Crippen molar-refractivity contribution in [3.8, 4) is 0 Å². The van der Waals surface area contributed by atoms with Crippen molar-refractivity contribution in [3.05, 3.63) is 45.9 Å². The second-order valence-corrected chi connectivity index (χ2v) is 6.84. The lowest BCUT2D eigenvalue weighted by Gasteiger charge is -2.34. The van der Waals surface area contributed by atoms with Gasteiger partial charge in [-0.25, -0.2) is 4.98 Å². The van der Waals surface area contributed by atoms with Crippen molar-refractivity contribution < 1.29 is 13.2 Å². The average molecular weight is 362 g/mol. The topological polar surface area (TPSA) is 19.4 Å². The second kappa shape index (κ2) is 6.67. The van der Waals surface area contributed by atoms with Gasteiger partial charge in [0.15, 0.2) is 5.13 Å². The summed E-state index contributed by atoms with van der Waals surface area (Å²) < 4.78 is 37.9. The number of hydrogen-bond donors (Lipinski definition) is 0. The molecule has 2 heterocycles. The van der Waals surface area contributed by atoms with Crippen molar-refractivity contribution in [1.29, 1.82) is 0 Å². The molecule has 124 valence electrons. The Morgan fingerprint density at radius 2 is 1.91 bits per heavy atom. The Labute approximate surface area is 141 Å². The minimum Gasteiger partial charge on any atom is -0.346 e. The van der Waals surface area contributed by atoms with Crippen LogP contribution >= 0.6 is 22.9 Å². The summed E-state index contributed by atoms with van der Waals surface area (Å²) in [5, 5.41) is 1.16. The summed E-state index contributed by atoms with van der Waals surface area (Å²) in [7, 11) is 0. The summed E-state index contributed by atoms with van der Waals surface area (Å²) in [4.78, 5) is 7.45. The van der Waals surface area contributed by atoms with Gasteiger partial charge in [0, 0.05) is 37.7 Å². The molecule has 3 nitrogen and oxygen atoms in total. The average Bonchev–Trinajstić information content (AvgIpc) is 2.98. The van der Waals surface area contributed by atoms with Crippen LogP contribution in [0.4, 0.5) is 18.3 Å². The number of rotatable bonds is 3. The molecule has 0 atom stereocenters. The van der Waals surface area contributed by atoms with Gasteiger partial charge in [0.05, 0.1) is 6.20 Å². The molecule has 0 unspecified atom stereocenters. The van der Waals surface area contributed by atoms with E-state index in [9.17, 15) is 13.2 Å². The van der Waals surface area contributed by atoms with E-state index >= 15 is 0 Å². The maximum absolute atomic E-state index is 12.6. The Morgan fingerprint density at radius 1 is 1.17 bits per heavy atom. The lowest BCUT2D eigenvalue weighted by atomic mass is 10.2. The summed E-state index contributed by atoms with van der Waals surface area (Å²) in [6.07, 6.45) is -3.40. The maximum atomic E-state index is 12.6. The zero-order valence-electron chi connectivity index (χ0n) is 12.2. The summed E-state index contributed by atoms with van der Waals surface area (Å²) in [5.41, 5.74) is 1.14. The van der Waals surface area contributed by atoms with Gasteiger partial charge in [-0.2, -0.15) is 13.2 Å². The molecule has 0 aliphatic carbocycles. The van der Waals surface area contributed by atoms with Crippen LogP contribution in [0.15, 0.2) is 30.5 Å². The lowest BCUT2D eigenvalue weighted by molar-refractivity contribution is -0.134. The van der Waals surface area contributed by atoms with E-state index in [0.717, 1.165) is 31.4 Å². The SMILES string of the molecule is FC(F)(F)c1cnc(N2CCN(Cc3cccc(Cl)c3)CC2)s1. The Morgan fingerprint density at radius 3 is 2.52 bits per heavy atom. The van der Waals surface area contributed by atoms with Crippen LogP contribution in [0.1, 0.15) is 10.4 Å². The summed E-state index contributed by atoms with van der Waals surface area (Å²) in [5.74, 6) is 0. The van der Waals surface area contributed by atoms with Crippen LogP contribution in [-0.4, -0.2) is 36.1 Å². The highest BCUT2D eigenvalue weighted by atomic mass is 35.5. The first-order chi connectivity index (χ1) is 10.9. The number of anilines is 1. The van der Waals surface area contributed by atoms with Gasteiger partial charge in [-0.3, -0.25) is 4.90 Å². The molecule has 0 bridgehead atoms. The minimum atomic E-state index is -4.32. The molecule has 1 saturated heterocycles. The van der Waals surface area contributed by atoms with Crippen LogP contribution in [0.25, 0.3) is 0 Å². The predicted molar refractivity (Wildman–Crippen MR) is 86.1 cm³/mol. The summed E-state index contributed by atoms with van der Waals surface area (Å²) in [6.45, 7) is 3.71. The van der Waals surface area contributed by atoms with Gasteiger partial charge in [-0.15, -0.1) is 0 Å². The van der Waals surface area contributed by atoms with Crippen LogP contribution in [0.5, 0.6) is 0 Å². The summed E-state index contributed by atoms with van der Waals surface area (Å²) in [6, 6.07) is 7.71. The van der Waals surface area contributed by atoms with Crippen LogP contribution < -0.4 is 4.90 Å². The number of hydrogen-bond acceptors (Lipinski definition) is 4. The van der Waals surface area contributed by atoms with E-state index in [1.165, 1.54) is 0 Å². The second-order valence-electron chi connectivity index (χ2n) is 5.40. The fraction of sp³-hybridized carbons (Fsp3) is 0.400. The zero-order chi connectivity index (χ0) is 16.4. The third-order valence-electron chi connectivity index (χ3n) is 3.71. The van der Waals surface area contributed by atoms with Gasteiger partial charge in [0.1, 0.15) is 4.88 Å². The highest BCUT2D eigenvalue weighted by Gasteiger charge is 2.34. The number of alkyl halides is 3. The largest absolute Gasteiger partial charge is 0.427 e. The quantitative estimate of drug-likeness (QED) is 0.819. The standard InChI is InChI=1S/C15H15ClF3N3S/c16-12-3-1-2-11(8-12)10-21-4-6-22(7-5-21)14-20-9-13(23-14)15(17,18)19/h1-3,8-9H,4-7,10H2. The predicted octanol–water partition coefficient (Wildman–Crippen LogP) is 4.14. The van der Waals surface area contributed by atoms with Crippen LogP contribution in [-0.2, 0) is 12.7 Å². The van der Waals surface area contributed by atoms with Gasteiger partial charge in [0.2, 0.25) is 0 Å². The number of benzene rings is 1. The molecule has 1 aromatic carbocycles. The monoisotopic (exact) mass is 361 g/mol. The smallest absolute Gasteiger partial charge is 0.346 e. The van der Waals surface area contributed by atoms with Gasteiger partial charge >= 0.3 is 6.18 Å². The Balaban J connectivity index is 1.57. The molecule has 1 aliphatic heterocycles. The van der Waals surface area contributed by atoms with Gasteiger partial charge in [-0.05, 0) is 17.7 Å². The van der Waals surface area contributed by atoms with E-state index < -0.39 is 11.1 Å². The molecule has 0 amide bonds. The molecule has 0 radical (unpaired) electrons. The molecule has 0 saturated carbocycles. The first-order valence-electron chi connectivity index (χ1n) is 7.16. The molecule has 8 heteroatoms. The fourth-order valence-electron chi connectivity index (χ4n) is 2.53. The molecule has 3 rings (SSSR count). The molecule has 1 fully saturated rings. The van der Waals surface area contributed by atoms with Crippen LogP contribution in [0.2, 0.25) is 5.02 Å². The number of thiazole rings is 1. The minimum absolute atomic E-state index is 0.444. The van der Waals surface area contributed by atoms with E-state index in [4.69, 9.17) is 11.6 Å². The van der Waals surface area contributed by atoms with E-state index in [1.54, 1.807) is 0 Å². The van der Waals surface area contributed by atoms with Crippen LogP contribution in [0.3, 0.4) is 0 Å². The Bertz CT molecular complexity index is 666. The number of nitrogens with zero attached hydrogens (tertiary/aromatic N) is 3. The van der Waals surface area contributed by atoms with Gasteiger partial charge in [0.25, 0.3) is 0 Å². The molecular formula is C15H15ClF3N3S. The third-order valence-corrected chi connectivity index (χ3v) is 5.05. The number of halogens is 4. The molecule has 1 aromatic heterocycles. The molecule has 23 heavy (non-hydrogen) atoms. The van der Waals surface area contributed by atoms with Crippen molar-refractivity contribution >= 4 is 28.1 Å². The molecule has 0 N–H and O–H groups in total. The van der Waals surface area contributed by atoms with Crippen LogP contribution in [0, 0.1) is 0 Å². The highest BCUT2D eigenvalue weighted by molar-refractivity contribution is 7.15.